The summed E-state index contributed by atoms with van der Waals surface area (Å²) in [5.74, 6) is 0.969. The minimum absolute atomic E-state index is 0.331. The zero-order valence-electron chi connectivity index (χ0n) is 13.8. The Morgan fingerprint density at radius 1 is 1.36 bits per heavy atom. The van der Waals surface area contributed by atoms with Gasteiger partial charge in [-0.1, -0.05) is 18.2 Å². The Hall–Kier alpha value is -1.10. The third-order valence-electron chi connectivity index (χ3n) is 4.00. The van der Waals surface area contributed by atoms with Crippen molar-refractivity contribution in [2.45, 2.75) is 44.8 Å². The summed E-state index contributed by atoms with van der Waals surface area (Å²) in [6.07, 6.45) is 4.66. The molecule has 0 saturated carbocycles. The molecule has 1 saturated heterocycles. The maximum atomic E-state index is 5.67. The Morgan fingerprint density at radius 2 is 2.23 bits per heavy atom. The number of benzene rings is 1. The highest BCUT2D eigenvalue weighted by molar-refractivity contribution is 5.33. The van der Waals surface area contributed by atoms with Crippen molar-refractivity contribution >= 4 is 0 Å². The molecule has 1 fully saturated rings. The maximum Gasteiger partial charge on any atom is 0.122 e. The monoisotopic (exact) mass is 307 g/mol. The van der Waals surface area contributed by atoms with Crippen molar-refractivity contribution in [3.63, 3.8) is 0 Å². The minimum atomic E-state index is 0.331. The molecule has 2 unspecified atom stereocenters. The van der Waals surface area contributed by atoms with E-state index in [1.807, 2.05) is 12.1 Å². The highest BCUT2D eigenvalue weighted by Crippen LogP contribution is 2.18. The van der Waals surface area contributed by atoms with Crippen LogP contribution in [0.5, 0.6) is 5.75 Å². The predicted octanol–water partition coefficient (Wildman–Crippen LogP) is 2.80. The van der Waals surface area contributed by atoms with Gasteiger partial charge in [0.05, 0.1) is 19.8 Å². The van der Waals surface area contributed by atoms with Gasteiger partial charge in [-0.25, -0.2) is 0 Å². The molecule has 0 amide bonds. The number of methoxy groups -OCH3 is 1. The van der Waals surface area contributed by atoms with Gasteiger partial charge in [0, 0.05) is 19.3 Å². The van der Waals surface area contributed by atoms with Gasteiger partial charge in [-0.3, -0.25) is 0 Å². The molecule has 0 bridgehead atoms. The van der Waals surface area contributed by atoms with Gasteiger partial charge in [-0.15, -0.1) is 0 Å². The number of para-hydroxylation sites is 1. The van der Waals surface area contributed by atoms with Gasteiger partial charge in [-0.2, -0.15) is 0 Å². The van der Waals surface area contributed by atoms with Crippen LogP contribution in [-0.4, -0.2) is 45.6 Å². The second-order valence-electron chi connectivity index (χ2n) is 5.93. The molecule has 1 N–H and O–H groups in total. The van der Waals surface area contributed by atoms with Gasteiger partial charge >= 0.3 is 0 Å². The molecule has 1 aliphatic rings. The molecule has 124 valence electrons. The lowest BCUT2D eigenvalue weighted by Gasteiger charge is -2.16. The van der Waals surface area contributed by atoms with Gasteiger partial charge < -0.3 is 19.5 Å². The van der Waals surface area contributed by atoms with Crippen LogP contribution >= 0.6 is 0 Å². The van der Waals surface area contributed by atoms with E-state index >= 15 is 0 Å². The van der Waals surface area contributed by atoms with Gasteiger partial charge in [0.1, 0.15) is 5.75 Å². The fourth-order valence-electron chi connectivity index (χ4n) is 2.79. The van der Waals surface area contributed by atoms with Crippen molar-refractivity contribution in [2.75, 3.05) is 33.5 Å². The van der Waals surface area contributed by atoms with Crippen LogP contribution in [-0.2, 0) is 15.9 Å². The number of nitrogens with one attached hydrogen (secondary N) is 1. The standard InChI is InChI=1S/C18H29NO3/c1-15(13-16-7-3-4-9-18(16)20-2)19-10-6-11-21-14-17-8-5-12-22-17/h3-4,7,9,15,17,19H,5-6,8,10-14H2,1-2H3. The molecular weight excluding hydrogens is 278 g/mol. The molecule has 1 aromatic carbocycles. The van der Waals surface area contributed by atoms with Crippen LogP contribution in [0.1, 0.15) is 31.7 Å². The first kappa shape index (κ1) is 17.3. The van der Waals surface area contributed by atoms with Crippen LogP contribution in [0.4, 0.5) is 0 Å². The average Bonchev–Trinajstić information content (AvgIpc) is 3.04. The summed E-state index contributed by atoms with van der Waals surface area (Å²) in [5, 5.41) is 3.54. The summed E-state index contributed by atoms with van der Waals surface area (Å²) >= 11 is 0. The summed E-state index contributed by atoms with van der Waals surface area (Å²) < 4.78 is 16.6. The zero-order valence-corrected chi connectivity index (χ0v) is 13.8. The lowest BCUT2D eigenvalue weighted by atomic mass is 10.1. The highest BCUT2D eigenvalue weighted by atomic mass is 16.5. The first-order valence-corrected chi connectivity index (χ1v) is 8.34. The third-order valence-corrected chi connectivity index (χ3v) is 4.00. The van der Waals surface area contributed by atoms with Crippen LogP contribution in [0.25, 0.3) is 0 Å². The van der Waals surface area contributed by atoms with Crippen LogP contribution in [0.3, 0.4) is 0 Å². The van der Waals surface area contributed by atoms with E-state index in [4.69, 9.17) is 14.2 Å². The highest BCUT2D eigenvalue weighted by Gasteiger charge is 2.15. The first-order valence-electron chi connectivity index (χ1n) is 8.34. The smallest absolute Gasteiger partial charge is 0.122 e. The van der Waals surface area contributed by atoms with E-state index in [0.717, 1.165) is 51.4 Å². The van der Waals surface area contributed by atoms with E-state index < -0.39 is 0 Å². The molecule has 4 nitrogen and oxygen atoms in total. The molecule has 2 rings (SSSR count). The van der Waals surface area contributed by atoms with Crippen molar-refractivity contribution in [1.82, 2.24) is 5.32 Å². The summed E-state index contributed by atoms with van der Waals surface area (Å²) in [6, 6.07) is 8.63. The second-order valence-corrected chi connectivity index (χ2v) is 5.93. The lowest BCUT2D eigenvalue weighted by molar-refractivity contribution is 0.0165. The number of ether oxygens (including phenoxy) is 3. The Bertz CT molecular complexity index is 419. The predicted molar refractivity (Wildman–Crippen MR) is 88.6 cm³/mol. The first-order chi connectivity index (χ1) is 10.8. The molecule has 1 aliphatic heterocycles. The van der Waals surface area contributed by atoms with Gasteiger partial charge in [0.2, 0.25) is 0 Å². The van der Waals surface area contributed by atoms with Crippen LogP contribution < -0.4 is 10.1 Å². The fourth-order valence-corrected chi connectivity index (χ4v) is 2.79. The van der Waals surface area contributed by atoms with E-state index in [0.29, 0.717) is 12.1 Å². The van der Waals surface area contributed by atoms with Crippen molar-refractivity contribution in [2.24, 2.45) is 0 Å². The topological polar surface area (TPSA) is 39.7 Å². The van der Waals surface area contributed by atoms with Crippen molar-refractivity contribution in [3.8, 4) is 5.75 Å². The normalized spacial score (nSPS) is 19.3. The molecule has 0 spiro atoms. The SMILES string of the molecule is COc1ccccc1CC(C)NCCCOCC1CCCO1. The van der Waals surface area contributed by atoms with E-state index in [-0.39, 0.29) is 0 Å². The second kappa shape index (κ2) is 9.82. The summed E-state index contributed by atoms with van der Waals surface area (Å²) in [6.45, 7) is 5.63. The molecule has 0 radical (unpaired) electrons. The van der Waals surface area contributed by atoms with Gasteiger partial charge in [-0.05, 0) is 50.8 Å². The summed E-state index contributed by atoms with van der Waals surface area (Å²) in [4.78, 5) is 0. The van der Waals surface area contributed by atoms with Crippen molar-refractivity contribution < 1.29 is 14.2 Å². The Balaban J connectivity index is 1.54. The molecule has 0 aliphatic carbocycles. The number of hydrogen-bond acceptors (Lipinski definition) is 4. The van der Waals surface area contributed by atoms with E-state index in [9.17, 15) is 0 Å². The van der Waals surface area contributed by atoms with Gasteiger partial charge in [0.25, 0.3) is 0 Å². The van der Waals surface area contributed by atoms with Crippen LogP contribution in [0.2, 0.25) is 0 Å². The molecule has 1 aromatic rings. The number of rotatable bonds is 10. The Labute approximate surface area is 134 Å². The average molecular weight is 307 g/mol. The van der Waals surface area contributed by atoms with Crippen molar-refractivity contribution in [3.05, 3.63) is 29.8 Å². The van der Waals surface area contributed by atoms with Crippen molar-refractivity contribution in [1.29, 1.82) is 0 Å². The Morgan fingerprint density at radius 3 is 3.00 bits per heavy atom. The quantitative estimate of drug-likeness (QED) is 0.675. The van der Waals surface area contributed by atoms with E-state index in [2.05, 4.69) is 24.4 Å². The number of hydrogen-bond donors (Lipinski definition) is 1. The summed E-state index contributed by atoms with van der Waals surface area (Å²) in [7, 11) is 1.72. The molecule has 22 heavy (non-hydrogen) atoms. The molecule has 0 aromatic heterocycles. The lowest BCUT2D eigenvalue weighted by Crippen LogP contribution is -2.30. The third kappa shape index (κ3) is 5.95. The maximum absolute atomic E-state index is 5.67. The summed E-state index contributed by atoms with van der Waals surface area (Å²) in [5.41, 5.74) is 1.25. The van der Waals surface area contributed by atoms with E-state index in [1.165, 1.54) is 12.0 Å². The fraction of sp³-hybridized carbons (Fsp3) is 0.667. The molecule has 2 atom stereocenters. The molecule has 4 heteroatoms. The van der Waals surface area contributed by atoms with Crippen LogP contribution in [0.15, 0.2) is 24.3 Å². The van der Waals surface area contributed by atoms with Crippen LogP contribution in [0, 0.1) is 0 Å². The van der Waals surface area contributed by atoms with E-state index in [1.54, 1.807) is 7.11 Å². The largest absolute Gasteiger partial charge is 0.496 e. The molecular formula is C18H29NO3. The molecule has 1 heterocycles. The zero-order chi connectivity index (χ0) is 15.6. The Kier molecular flexibility index (Phi) is 7.71. The van der Waals surface area contributed by atoms with Gasteiger partial charge in [0.15, 0.2) is 0 Å². The minimum Gasteiger partial charge on any atom is -0.496 e.